The summed E-state index contributed by atoms with van der Waals surface area (Å²) in [7, 11) is -3.83. The molecule has 1 fully saturated rings. The van der Waals surface area contributed by atoms with Crippen LogP contribution in [-0.2, 0) is 19.6 Å². The molecule has 2 amide bonds. The lowest BCUT2D eigenvalue weighted by Crippen LogP contribution is -2.45. The van der Waals surface area contributed by atoms with E-state index in [4.69, 9.17) is 0 Å². The first-order valence-electron chi connectivity index (χ1n) is 10.1. The molecule has 10 heteroatoms. The molecule has 0 bridgehead atoms. The van der Waals surface area contributed by atoms with E-state index in [-0.39, 0.29) is 28.6 Å². The fourth-order valence-corrected chi connectivity index (χ4v) is 4.27. The first-order valence-corrected chi connectivity index (χ1v) is 11.5. The average Bonchev–Trinajstić information content (AvgIpc) is 2.73. The Bertz CT molecular complexity index is 1030. The van der Waals surface area contributed by atoms with Crippen molar-refractivity contribution in [3.8, 4) is 0 Å². The maximum Gasteiger partial charge on any atom is 0.264 e. The second-order valence-electron chi connectivity index (χ2n) is 8.51. The molecule has 2 aromatic rings. The summed E-state index contributed by atoms with van der Waals surface area (Å²) < 4.78 is 27.2. The second kappa shape index (κ2) is 9.01. The molecule has 1 aromatic carbocycles. The Labute approximate surface area is 182 Å². The van der Waals surface area contributed by atoms with Gasteiger partial charge in [0.2, 0.25) is 17.8 Å². The summed E-state index contributed by atoms with van der Waals surface area (Å²) in [5, 5.41) is 2.83. The highest BCUT2D eigenvalue weighted by Gasteiger charge is 2.32. The Morgan fingerprint density at radius 3 is 2.16 bits per heavy atom. The topological polar surface area (TPSA) is 121 Å². The Morgan fingerprint density at radius 1 is 1.03 bits per heavy atom. The number of amides is 2. The highest BCUT2D eigenvalue weighted by molar-refractivity contribution is 7.92. The molecule has 1 aliphatic heterocycles. The number of rotatable bonds is 5. The van der Waals surface area contributed by atoms with Crippen LogP contribution in [-0.4, -0.2) is 48.2 Å². The van der Waals surface area contributed by atoms with Gasteiger partial charge in [-0.25, -0.2) is 23.1 Å². The third-order valence-corrected chi connectivity index (χ3v) is 6.36. The van der Waals surface area contributed by atoms with Crippen LogP contribution in [0.25, 0.3) is 0 Å². The van der Waals surface area contributed by atoms with Gasteiger partial charge in [0.1, 0.15) is 0 Å². The zero-order valence-corrected chi connectivity index (χ0v) is 18.6. The molecule has 0 unspecified atom stereocenters. The number of hydrogen-bond acceptors (Lipinski definition) is 6. The van der Waals surface area contributed by atoms with Crippen molar-refractivity contribution >= 4 is 33.5 Å². The molecule has 1 aromatic heterocycles. The van der Waals surface area contributed by atoms with Gasteiger partial charge < -0.3 is 10.2 Å². The summed E-state index contributed by atoms with van der Waals surface area (Å²) in [5.74, 6) is -0.243. The maximum atomic E-state index is 12.6. The molecule has 0 aliphatic carbocycles. The monoisotopic (exact) mass is 445 g/mol. The van der Waals surface area contributed by atoms with E-state index in [1.165, 1.54) is 36.7 Å². The molecule has 0 spiro atoms. The highest BCUT2D eigenvalue weighted by Crippen LogP contribution is 2.25. The van der Waals surface area contributed by atoms with Gasteiger partial charge in [0, 0.05) is 42.5 Å². The Morgan fingerprint density at radius 2 is 1.61 bits per heavy atom. The lowest BCUT2D eigenvalue weighted by atomic mass is 9.90. The number of nitrogens with one attached hydrogen (secondary N) is 2. The van der Waals surface area contributed by atoms with Gasteiger partial charge >= 0.3 is 0 Å². The van der Waals surface area contributed by atoms with Crippen LogP contribution in [0.5, 0.6) is 0 Å². The molecule has 1 aliphatic rings. The number of nitrogens with zero attached hydrogens (tertiary/aromatic N) is 3. The standard InChI is InChI=1S/C21H27N5O4S/c1-21(2,3)19(28)26-13-9-15(10-14-26)18(27)24-16-5-7-17(8-6-16)31(29,30)25-20-22-11-4-12-23-20/h4-8,11-12,15H,9-10,13-14H2,1-3H3,(H,24,27)(H,22,23,25). The maximum absolute atomic E-state index is 12.6. The molecular formula is C21H27N5O4S. The fraction of sp³-hybridized carbons (Fsp3) is 0.429. The third-order valence-electron chi connectivity index (χ3n) is 5.02. The summed E-state index contributed by atoms with van der Waals surface area (Å²) in [5.41, 5.74) is 0.0756. The van der Waals surface area contributed by atoms with Crippen molar-refractivity contribution in [2.45, 2.75) is 38.5 Å². The van der Waals surface area contributed by atoms with Gasteiger partial charge in [-0.2, -0.15) is 0 Å². The van der Waals surface area contributed by atoms with Crippen molar-refractivity contribution in [2.75, 3.05) is 23.1 Å². The molecule has 9 nitrogen and oxygen atoms in total. The molecule has 3 rings (SSSR count). The van der Waals surface area contributed by atoms with Crippen LogP contribution < -0.4 is 10.0 Å². The summed E-state index contributed by atoms with van der Waals surface area (Å²) in [4.78, 5) is 34.5. The number of aromatic nitrogens is 2. The molecule has 31 heavy (non-hydrogen) atoms. The average molecular weight is 446 g/mol. The Balaban J connectivity index is 1.56. The number of piperidine rings is 1. The van der Waals surface area contributed by atoms with E-state index in [1.807, 2.05) is 25.7 Å². The van der Waals surface area contributed by atoms with Crippen molar-refractivity contribution in [1.29, 1.82) is 0 Å². The van der Waals surface area contributed by atoms with E-state index < -0.39 is 15.4 Å². The smallest absolute Gasteiger partial charge is 0.264 e. The summed E-state index contributed by atoms with van der Waals surface area (Å²) in [6.45, 7) is 6.78. The van der Waals surface area contributed by atoms with E-state index >= 15 is 0 Å². The van der Waals surface area contributed by atoms with Crippen LogP contribution in [0.15, 0.2) is 47.6 Å². The van der Waals surface area contributed by atoms with Crippen LogP contribution in [0.1, 0.15) is 33.6 Å². The molecular weight excluding hydrogens is 418 g/mol. The predicted molar refractivity (Wildman–Crippen MR) is 117 cm³/mol. The van der Waals surface area contributed by atoms with Crippen LogP contribution in [0.3, 0.4) is 0 Å². The van der Waals surface area contributed by atoms with E-state index in [1.54, 1.807) is 6.07 Å². The normalized spacial score (nSPS) is 15.4. The van der Waals surface area contributed by atoms with Gasteiger partial charge in [-0.1, -0.05) is 20.8 Å². The lowest BCUT2D eigenvalue weighted by molar-refractivity contribution is -0.142. The van der Waals surface area contributed by atoms with Crippen molar-refractivity contribution < 1.29 is 18.0 Å². The molecule has 0 saturated carbocycles. The van der Waals surface area contributed by atoms with Crippen molar-refractivity contribution in [2.24, 2.45) is 11.3 Å². The van der Waals surface area contributed by atoms with Gasteiger partial charge in [0.25, 0.3) is 10.0 Å². The van der Waals surface area contributed by atoms with Crippen molar-refractivity contribution in [1.82, 2.24) is 14.9 Å². The van der Waals surface area contributed by atoms with Gasteiger partial charge in [0.05, 0.1) is 4.90 Å². The highest BCUT2D eigenvalue weighted by atomic mass is 32.2. The zero-order valence-electron chi connectivity index (χ0n) is 17.8. The van der Waals surface area contributed by atoms with Crippen LogP contribution in [0.2, 0.25) is 0 Å². The van der Waals surface area contributed by atoms with Gasteiger partial charge in [0.15, 0.2) is 0 Å². The van der Waals surface area contributed by atoms with Gasteiger partial charge in [-0.3, -0.25) is 9.59 Å². The number of benzene rings is 1. The lowest BCUT2D eigenvalue weighted by Gasteiger charge is -2.35. The van der Waals surface area contributed by atoms with Crippen molar-refractivity contribution in [3.05, 3.63) is 42.7 Å². The third kappa shape index (κ3) is 5.78. The largest absolute Gasteiger partial charge is 0.342 e. The first kappa shape index (κ1) is 22.7. The molecule has 2 heterocycles. The summed E-state index contributed by atoms with van der Waals surface area (Å²) >= 11 is 0. The van der Waals surface area contributed by atoms with Gasteiger partial charge in [-0.15, -0.1) is 0 Å². The van der Waals surface area contributed by atoms with Crippen LogP contribution in [0, 0.1) is 11.3 Å². The quantitative estimate of drug-likeness (QED) is 0.729. The van der Waals surface area contributed by atoms with E-state index in [9.17, 15) is 18.0 Å². The number of carbonyl (C=O) groups is 2. The number of likely N-dealkylation sites (tertiary alicyclic amines) is 1. The van der Waals surface area contributed by atoms with Gasteiger partial charge in [-0.05, 0) is 43.2 Å². The minimum Gasteiger partial charge on any atom is -0.342 e. The predicted octanol–water partition coefficient (Wildman–Crippen LogP) is 2.50. The molecule has 166 valence electrons. The number of sulfonamides is 1. The molecule has 1 saturated heterocycles. The van der Waals surface area contributed by atoms with Crippen LogP contribution in [0.4, 0.5) is 11.6 Å². The Hall–Kier alpha value is -3.01. The number of hydrogen-bond donors (Lipinski definition) is 2. The zero-order chi connectivity index (χ0) is 22.6. The van der Waals surface area contributed by atoms with E-state index in [2.05, 4.69) is 20.0 Å². The van der Waals surface area contributed by atoms with E-state index in [0.717, 1.165) is 0 Å². The minimum absolute atomic E-state index is 0.0174. The minimum atomic E-state index is -3.83. The molecule has 0 atom stereocenters. The molecule has 0 radical (unpaired) electrons. The van der Waals surface area contributed by atoms with Crippen molar-refractivity contribution in [3.63, 3.8) is 0 Å². The van der Waals surface area contributed by atoms with Crippen LogP contribution >= 0.6 is 0 Å². The second-order valence-corrected chi connectivity index (χ2v) is 10.2. The summed E-state index contributed by atoms with van der Waals surface area (Å²) in [6, 6.07) is 7.48. The number of carbonyl (C=O) groups excluding carboxylic acids is 2. The molecule has 2 N–H and O–H groups in total. The Kier molecular flexibility index (Phi) is 6.59. The first-order chi connectivity index (χ1) is 14.6. The number of anilines is 2. The fourth-order valence-electron chi connectivity index (χ4n) is 3.31. The van der Waals surface area contributed by atoms with E-state index in [0.29, 0.717) is 31.6 Å². The SMILES string of the molecule is CC(C)(C)C(=O)N1CCC(C(=O)Nc2ccc(S(=O)(=O)Nc3ncccn3)cc2)CC1. The summed E-state index contributed by atoms with van der Waals surface area (Å²) in [6.07, 6.45) is 4.07.